The van der Waals surface area contributed by atoms with E-state index in [0.717, 1.165) is 10.0 Å². The summed E-state index contributed by atoms with van der Waals surface area (Å²) in [6.45, 7) is 1.92. The van der Waals surface area contributed by atoms with Crippen LogP contribution in [0.1, 0.15) is 12.0 Å². The summed E-state index contributed by atoms with van der Waals surface area (Å²) in [6.07, 6.45) is 0.399. The summed E-state index contributed by atoms with van der Waals surface area (Å²) in [5.41, 5.74) is 1.53. The number of hydrogen-bond donors (Lipinski definition) is 2. The van der Waals surface area contributed by atoms with Gasteiger partial charge in [0.25, 0.3) is 0 Å². The monoisotopic (exact) mass is 327 g/mol. The highest BCUT2D eigenvalue weighted by Crippen LogP contribution is 2.40. The molecule has 0 spiro atoms. The van der Waals surface area contributed by atoms with Crippen LogP contribution in [-0.2, 0) is 9.59 Å². The number of aryl methyl sites for hydroxylation is 1. The van der Waals surface area contributed by atoms with Crippen molar-refractivity contribution in [2.45, 2.75) is 13.3 Å². The summed E-state index contributed by atoms with van der Waals surface area (Å²) in [5, 5.41) is 11.5. The van der Waals surface area contributed by atoms with E-state index in [9.17, 15) is 9.59 Å². The normalized spacial score (nSPS) is 20.8. The van der Waals surface area contributed by atoms with Gasteiger partial charge in [0.1, 0.15) is 5.75 Å². The largest absolute Gasteiger partial charge is 0.495 e. The summed E-state index contributed by atoms with van der Waals surface area (Å²) in [5.74, 6) is -1.64. The second kappa shape index (κ2) is 5.21. The average Bonchev–Trinajstić information content (AvgIpc) is 3.13. The molecule has 1 aromatic carbocycles. The quantitative estimate of drug-likeness (QED) is 0.890. The number of carboxylic acid groups (broad SMARTS) is 1. The Morgan fingerprint density at radius 3 is 2.63 bits per heavy atom. The number of aliphatic carboxylic acids is 1. The highest BCUT2D eigenvalue weighted by Gasteiger charge is 2.48. The van der Waals surface area contributed by atoms with Gasteiger partial charge in [-0.2, -0.15) is 0 Å². The van der Waals surface area contributed by atoms with Gasteiger partial charge in [-0.3, -0.25) is 9.59 Å². The molecule has 1 aromatic rings. The van der Waals surface area contributed by atoms with Crippen molar-refractivity contribution < 1.29 is 19.4 Å². The molecule has 0 heterocycles. The number of benzene rings is 1. The number of rotatable bonds is 4. The molecule has 5 nitrogen and oxygen atoms in total. The maximum Gasteiger partial charge on any atom is 0.307 e. The first-order valence-corrected chi connectivity index (χ1v) is 6.61. The molecule has 19 heavy (non-hydrogen) atoms. The van der Waals surface area contributed by atoms with Crippen LogP contribution >= 0.6 is 15.9 Å². The van der Waals surface area contributed by atoms with Crippen molar-refractivity contribution >= 4 is 33.5 Å². The van der Waals surface area contributed by atoms with Crippen LogP contribution in [0, 0.1) is 18.8 Å². The van der Waals surface area contributed by atoms with E-state index in [1.807, 2.05) is 6.92 Å². The first-order valence-electron chi connectivity index (χ1n) is 5.82. The van der Waals surface area contributed by atoms with Crippen molar-refractivity contribution in [1.82, 2.24) is 0 Å². The van der Waals surface area contributed by atoms with Gasteiger partial charge in [0.15, 0.2) is 0 Å². The topological polar surface area (TPSA) is 75.6 Å². The third-order valence-electron chi connectivity index (χ3n) is 3.18. The Morgan fingerprint density at radius 2 is 2.11 bits per heavy atom. The van der Waals surface area contributed by atoms with E-state index in [0.29, 0.717) is 17.9 Å². The van der Waals surface area contributed by atoms with Gasteiger partial charge in [0.05, 0.1) is 24.6 Å². The Bertz CT molecular complexity index is 544. The zero-order valence-electron chi connectivity index (χ0n) is 10.6. The SMILES string of the molecule is COc1cc(C)c(Br)cc1NC(=O)C1CC1C(=O)O. The molecule has 0 aliphatic heterocycles. The van der Waals surface area contributed by atoms with Gasteiger partial charge in [0, 0.05) is 4.47 Å². The number of amides is 1. The Hall–Kier alpha value is -1.56. The molecule has 2 atom stereocenters. The van der Waals surface area contributed by atoms with Crippen LogP contribution in [-0.4, -0.2) is 24.1 Å². The number of carbonyl (C=O) groups is 2. The standard InChI is InChI=1S/C13H14BrNO4/c1-6-3-11(19-2)10(5-9(6)14)15-12(16)7-4-8(7)13(17)18/h3,5,7-8H,4H2,1-2H3,(H,15,16)(H,17,18). The summed E-state index contributed by atoms with van der Waals surface area (Å²) < 4.78 is 6.06. The van der Waals surface area contributed by atoms with Gasteiger partial charge in [-0.25, -0.2) is 0 Å². The zero-order chi connectivity index (χ0) is 14.2. The van der Waals surface area contributed by atoms with Crippen molar-refractivity contribution in [3.8, 4) is 5.75 Å². The predicted octanol–water partition coefficient (Wildman–Crippen LogP) is 2.43. The van der Waals surface area contributed by atoms with Crippen molar-refractivity contribution in [2.24, 2.45) is 11.8 Å². The van der Waals surface area contributed by atoms with Crippen molar-refractivity contribution in [3.05, 3.63) is 22.2 Å². The number of halogens is 1. The van der Waals surface area contributed by atoms with Crippen LogP contribution in [0.5, 0.6) is 5.75 Å². The summed E-state index contributed by atoms with van der Waals surface area (Å²) >= 11 is 3.39. The lowest BCUT2D eigenvalue weighted by Gasteiger charge is -2.12. The van der Waals surface area contributed by atoms with Gasteiger partial charge < -0.3 is 15.2 Å². The first kappa shape index (κ1) is 13.9. The fraction of sp³-hybridized carbons (Fsp3) is 0.385. The number of nitrogens with one attached hydrogen (secondary N) is 1. The van der Waals surface area contributed by atoms with Crippen LogP contribution in [0.4, 0.5) is 5.69 Å². The molecule has 1 aliphatic carbocycles. The van der Waals surface area contributed by atoms with E-state index in [4.69, 9.17) is 9.84 Å². The van der Waals surface area contributed by atoms with E-state index in [2.05, 4.69) is 21.2 Å². The fourth-order valence-corrected chi connectivity index (χ4v) is 2.25. The summed E-state index contributed by atoms with van der Waals surface area (Å²) in [7, 11) is 1.52. The lowest BCUT2D eigenvalue weighted by molar-refractivity contribution is -0.139. The zero-order valence-corrected chi connectivity index (χ0v) is 12.2. The Labute approximate surface area is 119 Å². The number of anilines is 1. The molecule has 0 bridgehead atoms. The third kappa shape index (κ3) is 2.89. The van der Waals surface area contributed by atoms with E-state index in [1.54, 1.807) is 12.1 Å². The minimum absolute atomic E-state index is 0.276. The molecule has 2 unspecified atom stereocenters. The number of carboxylic acids is 1. The molecule has 0 radical (unpaired) electrons. The molecule has 1 aliphatic rings. The molecule has 1 saturated carbocycles. The van der Waals surface area contributed by atoms with E-state index < -0.39 is 17.8 Å². The minimum atomic E-state index is -0.919. The van der Waals surface area contributed by atoms with Crippen molar-refractivity contribution in [2.75, 3.05) is 12.4 Å². The van der Waals surface area contributed by atoms with Crippen LogP contribution in [0.3, 0.4) is 0 Å². The number of hydrogen-bond acceptors (Lipinski definition) is 3. The Kier molecular flexibility index (Phi) is 3.80. The molecule has 1 amide bonds. The Morgan fingerprint density at radius 1 is 1.42 bits per heavy atom. The second-order valence-electron chi connectivity index (χ2n) is 4.58. The predicted molar refractivity (Wildman–Crippen MR) is 73.3 cm³/mol. The van der Waals surface area contributed by atoms with Crippen molar-refractivity contribution in [1.29, 1.82) is 0 Å². The van der Waals surface area contributed by atoms with E-state index >= 15 is 0 Å². The van der Waals surface area contributed by atoms with Gasteiger partial charge in [-0.1, -0.05) is 15.9 Å². The van der Waals surface area contributed by atoms with E-state index in [-0.39, 0.29) is 5.91 Å². The van der Waals surface area contributed by atoms with Crippen LogP contribution < -0.4 is 10.1 Å². The summed E-state index contributed by atoms with van der Waals surface area (Å²) in [4.78, 5) is 22.6. The lowest BCUT2D eigenvalue weighted by atomic mass is 10.2. The van der Waals surface area contributed by atoms with Crippen LogP contribution in [0.2, 0.25) is 0 Å². The Balaban J connectivity index is 2.13. The number of ether oxygens (including phenoxy) is 1. The van der Waals surface area contributed by atoms with Crippen LogP contribution in [0.25, 0.3) is 0 Å². The molecule has 0 aromatic heterocycles. The fourth-order valence-electron chi connectivity index (χ4n) is 1.90. The molecule has 2 rings (SSSR count). The molecule has 6 heteroatoms. The third-order valence-corrected chi connectivity index (χ3v) is 4.04. The highest BCUT2D eigenvalue weighted by atomic mass is 79.9. The molecule has 102 valence electrons. The molecule has 1 fully saturated rings. The molecule has 2 N–H and O–H groups in total. The first-order chi connectivity index (χ1) is 8.93. The van der Waals surface area contributed by atoms with E-state index in [1.165, 1.54) is 7.11 Å². The number of carbonyl (C=O) groups excluding carboxylic acids is 1. The van der Waals surface area contributed by atoms with Crippen molar-refractivity contribution in [3.63, 3.8) is 0 Å². The van der Waals surface area contributed by atoms with Crippen LogP contribution in [0.15, 0.2) is 16.6 Å². The highest BCUT2D eigenvalue weighted by molar-refractivity contribution is 9.10. The lowest BCUT2D eigenvalue weighted by Crippen LogP contribution is -2.17. The summed E-state index contributed by atoms with van der Waals surface area (Å²) in [6, 6.07) is 3.56. The van der Waals surface area contributed by atoms with Gasteiger partial charge in [0.2, 0.25) is 5.91 Å². The maximum absolute atomic E-state index is 11.9. The molecular formula is C13H14BrNO4. The molecule has 0 saturated heterocycles. The van der Waals surface area contributed by atoms with Gasteiger partial charge >= 0.3 is 5.97 Å². The number of methoxy groups -OCH3 is 1. The minimum Gasteiger partial charge on any atom is -0.495 e. The smallest absolute Gasteiger partial charge is 0.307 e. The van der Waals surface area contributed by atoms with Gasteiger partial charge in [-0.05, 0) is 31.0 Å². The molecular weight excluding hydrogens is 314 g/mol. The average molecular weight is 328 g/mol. The second-order valence-corrected chi connectivity index (χ2v) is 5.43. The maximum atomic E-state index is 11.9. The van der Waals surface area contributed by atoms with Gasteiger partial charge in [-0.15, -0.1) is 0 Å².